The van der Waals surface area contributed by atoms with Crippen LogP contribution in [0, 0.1) is 129 Å². The van der Waals surface area contributed by atoms with Crippen LogP contribution < -0.4 is 0 Å². The Labute approximate surface area is 520 Å². The number of fused-ring (bicyclic) bond motifs is 6. The first-order valence-corrected chi connectivity index (χ1v) is 40.3. The Morgan fingerprint density at radius 1 is 0.695 bits per heavy atom. The molecule has 8 fully saturated rings. The maximum absolute atomic E-state index is 15.4. The summed E-state index contributed by atoms with van der Waals surface area (Å²) in [5.41, 5.74) is 1.79. The Bertz CT molecular complexity index is 2360. The van der Waals surface area contributed by atoms with Gasteiger partial charge in [-0.15, -0.1) is 12.2 Å². The SMILES string of the molecule is CCC(C)(C)C(=O)O[C-](C)C.COC(=O)C1CC2CC1C(C1C(=O)OC(=O)C1CC(C)(CC(C)(C(=O)O[C-](C)C)C1C3CCC(C3)C1C)C(=O)OCO[Si]1(C)C[Si](C)C[Si](C)C[Si](C)C1)C2C1C(C)C2CC1C(C(=O)OC)C2C(=O)O.[Y]. The summed E-state index contributed by atoms with van der Waals surface area (Å²) in [6, 6.07) is 0. The molecule has 6 saturated carbocycles. The summed E-state index contributed by atoms with van der Waals surface area (Å²) in [5, 5.41) is 10.5. The molecule has 458 valence electrons. The molecule has 0 amide bonds. The van der Waals surface area contributed by atoms with Crippen LogP contribution in [-0.2, 0) is 104 Å². The number of hydrogen-bond acceptors (Lipinski definition) is 15. The van der Waals surface area contributed by atoms with E-state index in [1.807, 2.05) is 34.6 Å². The average molecular weight is 1290 g/mol. The molecule has 4 radical (unpaired) electrons. The minimum Gasteiger partial charge on any atom is -0.634 e. The van der Waals surface area contributed by atoms with Crippen molar-refractivity contribution in [2.24, 2.45) is 117 Å². The topological polar surface area (TPSA) is 221 Å². The fourth-order valence-electron chi connectivity index (χ4n) is 18.7. The van der Waals surface area contributed by atoms with Crippen LogP contribution in [0.4, 0.5) is 0 Å². The Morgan fingerprint density at radius 2 is 1.28 bits per heavy atom. The molecule has 19 atom stereocenters. The van der Waals surface area contributed by atoms with Crippen LogP contribution in [0.25, 0.3) is 0 Å². The first-order chi connectivity index (χ1) is 37.8. The molecule has 8 rings (SSSR count). The largest absolute Gasteiger partial charge is 0.634 e. The molecule has 2 aliphatic heterocycles. The van der Waals surface area contributed by atoms with Gasteiger partial charge in [0.2, 0.25) is 0 Å². The fraction of sp³-hybridized carbons (Fsp3) is 0.836. The van der Waals surface area contributed by atoms with Crippen LogP contribution in [0.15, 0.2) is 0 Å². The van der Waals surface area contributed by atoms with Crippen molar-refractivity contribution in [1.82, 2.24) is 0 Å². The predicted molar refractivity (Wildman–Crippen MR) is 310 cm³/mol. The molecule has 21 heteroatoms. The monoisotopic (exact) mass is 1290 g/mol. The predicted octanol–water partition coefficient (Wildman–Crippen LogP) is 10.5. The molecule has 0 spiro atoms. The molecule has 0 aromatic heterocycles. The Balaban J connectivity index is 0.000000815. The van der Waals surface area contributed by atoms with Crippen LogP contribution in [0.3, 0.4) is 0 Å². The van der Waals surface area contributed by atoms with Crippen molar-refractivity contribution >= 4 is 82.5 Å². The molecule has 2 heterocycles. The average Bonchev–Trinajstić information content (AvgIpc) is 2.63. The van der Waals surface area contributed by atoms with Crippen molar-refractivity contribution in [2.75, 3.05) is 21.0 Å². The van der Waals surface area contributed by atoms with E-state index in [0.29, 0.717) is 37.4 Å². The molecule has 6 bridgehead atoms. The van der Waals surface area contributed by atoms with E-state index in [2.05, 4.69) is 33.1 Å². The first-order valence-electron chi connectivity index (χ1n) is 30.2. The fourth-order valence-corrected chi connectivity index (χ4v) is 44.8. The van der Waals surface area contributed by atoms with Gasteiger partial charge in [0.05, 0.1) is 60.1 Å². The van der Waals surface area contributed by atoms with E-state index in [1.165, 1.54) is 25.6 Å². The van der Waals surface area contributed by atoms with Gasteiger partial charge in [-0.25, -0.2) is 0 Å². The van der Waals surface area contributed by atoms with Crippen molar-refractivity contribution in [3.05, 3.63) is 12.2 Å². The summed E-state index contributed by atoms with van der Waals surface area (Å²) in [7, 11) is -1.21. The zero-order chi connectivity index (χ0) is 60.2. The van der Waals surface area contributed by atoms with Crippen LogP contribution in [0.5, 0.6) is 0 Å². The zero-order valence-corrected chi connectivity index (χ0v) is 59.2. The number of aliphatic carboxylic acids is 1. The summed E-state index contributed by atoms with van der Waals surface area (Å²) in [6.07, 6.45) is 6.50. The van der Waals surface area contributed by atoms with E-state index >= 15 is 4.79 Å². The number of ether oxygens (including phenoxy) is 6. The summed E-state index contributed by atoms with van der Waals surface area (Å²) in [5.74, 6) is -10.6. The van der Waals surface area contributed by atoms with Crippen molar-refractivity contribution in [2.45, 2.75) is 183 Å². The van der Waals surface area contributed by atoms with Gasteiger partial charge >= 0.3 is 35.8 Å². The van der Waals surface area contributed by atoms with E-state index in [0.717, 1.165) is 37.0 Å². The van der Waals surface area contributed by atoms with Gasteiger partial charge in [-0.05, 0) is 174 Å². The van der Waals surface area contributed by atoms with Gasteiger partial charge in [0.25, 0.3) is 11.9 Å². The number of carbonyl (C=O) groups is 8. The summed E-state index contributed by atoms with van der Waals surface area (Å²) in [4.78, 5) is 111. The number of hydrogen-bond donors (Lipinski definition) is 1. The molecule has 16 nitrogen and oxygen atoms in total. The van der Waals surface area contributed by atoms with E-state index in [1.54, 1.807) is 34.6 Å². The number of cyclic esters (lactones) is 2. The third-order valence-corrected chi connectivity index (χ3v) is 43.0. The first kappa shape index (κ1) is 69.0. The molecule has 82 heavy (non-hydrogen) atoms. The second-order valence-electron chi connectivity index (χ2n) is 28.6. The molecule has 1 N–H and O–H groups in total. The molecular weight excluding hydrogens is 1190 g/mol. The van der Waals surface area contributed by atoms with Gasteiger partial charge < -0.3 is 38.0 Å². The minimum atomic E-state index is -2.26. The molecule has 0 aromatic rings. The van der Waals surface area contributed by atoms with E-state index in [9.17, 15) is 38.7 Å². The molecule has 19 unspecified atom stereocenters. The van der Waals surface area contributed by atoms with Gasteiger partial charge in [-0.3, -0.25) is 38.4 Å². The summed E-state index contributed by atoms with van der Waals surface area (Å²) < 4.78 is 40.4. The van der Waals surface area contributed by atoms with Gasteiger partial charge in [0.15, 0.2) is 15.1 Å². The molecule has 8 aliphatic rings. The second kappa shape index (κ2) is 27.1. The van der Waals surface area contributed by atoms with Crippen LogP contribution in [-0.4, -0.2) is 109 Å². The minimum absolute atomic E-state index is 0. The quantitative estimate of drug-likeness (QED) is 0.0317. The second-order valence-corrected chi connectivity index (χ2v) is 43.2. The van der Waals surface area contributed by atoms with E-state index < -0.39 is 108 Å². The number of carboxylic acids is 1. The summed E-state index contributed by atoms with van der Waals surface area (Å²) >= 11 is 0. The number of carboxylic acid groups (broad SMARTS) is 1. The van der Waals surface area contributed by atoms with E-state index in [-0.39, 0.29) is 138 Å². The summed E-state index contributed by atoms with van der Waals surface area (Å²) in [6.45, 7) is 30.1. The Kier molecular flexibility index (Phi) is 22.8. The molecule has 6 aliphatic carbocycles. The Morgan fingerprint density at radius 3 is 1.82 bits per heavy atom. The van der Waals surface area contributed by atoms with Gasteiger partial charge in [-0.2, -0.15) is 27.7 Å². The number of methoxy groups -OCH3 is 2. The smallest absolute Gasteiger partial charge is 0.317 e. The third kappa shape index (κ3) is 13.9. The molecule has 2 saturated heterocycles. The van der Waals surface area contributed by atoms with Crippen molar-refractivity contribution < 1.29 is 109 Å². The standard InChI is InChI=1S/C52H80O14Si4.C9H17O2.Y/c1-26(2)65-50(60)52(6,43-27(3)29-13-14-30(43)15-29)20-51(5,49(59)63-21-64-70(12)24-68(10)22-67(9)23-69(11)25-70)19-36-42(48(58)66-46(36)56)39-33-16-31(17-34(33)45(55)61-7)38(39)37-28(4)32-18-35(37)41(47(57)62-8)40(32)44(53)54;1-6-9(4,5)8(10)11-7(2)3;/h27-43H,13-25H2,1-12H3,(H,53,54);6H2,1-5H3;/q2*-1;. The van der Waals surface area contributed by atoms with Crippen LogP contribution >= 0.6 is 0 Å². The number of rotatable bonds is 19. The van der Waals surface area contributed by atoms with Crippen LogP contribution in [0.2, 0.25) is 48.9 Å². The maximum Gasteiger partial charge on any atom is 0.317 e. The Hall–Kier alpha value is -2.11. The normalized spacial score (nSPS) is 36.5. The van der Waals surface area contributed by atoms with Gasteiger partial charge in [0.1, 0.15) is 0 Å². The van der Waals surface area contributed by atoms with Gasteiger partial charge in [0, 0.05) is 59.1 Å². The maximum atomic E-state index is 15.4. The van der Waals surface area contributed by atoms with Crippen molar-refractivity contribution in [1.29, 1.82) is 0 Å². The molecular formula is C61H97O16Si4Y-2. The number of esters is 7. The zero-order valence-electron chi connectivity index (χ0n) is 52.4. The third-order valence-electron chi connectivity index (χ3n) is 21.7. The van der Waals surface area contributed by atoms with Gasteiger partial charge in [-0.1, -0.05) is 51.7 Å². The van der Waals surface area contributed by atoms with Crippen LogP contribution in [0.1, 0.15) is 134 Å². The molecule has 0 aromatic carbocycles. The van der Waals surface area contributed by atoms with E-state index in [4.69, 9.17) is 32.8 Å². The number of carbonyl (C=O) groups excluding carboxylic acids is 7. The van der Waals surface area contributed by atoms with Crippen molar-refractivity contribution in [3.63, 3.8) is 0 Å². The van der Waals surface area contributed by atoms with Crippen molar-refractivity contribution in [3.8, 4) is 0 Å².